The van der Waals surface area contributed by atoms with Crippen molar-refractivity contribution >= 4 is 28.6 Å². The first-order chi connectivity index (χ1) is 9.78. The number of halogens is 1. The number of hydrazine groups is 1. The molecule has 0 bridgehead atoms. The van der Waals surface area contributed by atoms with E-state index in [1.54, 1.807) is 18.2 Å². The second-order valence-corrected chi connectivity index (χ2v) is 5.08. The standard InChI is InChI=1S/C14H11FN4S/c15-10-6-2-4-8-12(10)20-13-9-5-1-3-7-11(9)17-14(18-13)19-16/h1-8H,16H2,(H,17,18,19). The van der Waals surface area contributed by atoms with E-state index >= 15 is 0 Å². The quantitative estimate of drug-likeness (QED) is 0.440. The summed E-state index contributed by atoms with van der Waals surface area (Å²) in [5, 5.41) is 1.52. The lowest BCUT2D eigenvalue weighted by molar-refractivity contribution is 0.602. The van der Waals surface area contributed by atoms with Gasteiger partial charge in [0.15, 0.2) is 0 Å². The van der Waals surface area contributed by atoms with Crippen molar-refractivity contribution < 1.29 is 4.39 Å². The average molecular weight is 286 g/mol. The maximum absolute atomic E-state index is 13.8. The molecule has 0 aliphatic rings. The Labute approximate surface area is 119 Å². The molecule has 3 rings (SSSR count). The minimum atomic E-state index is -0.276. The number of benzene rings is 2. The molecule has 0 fully saturated rings. The first kappa shape index (κ1) is 12.8. The molecule has 0 spiro atoms. The van der Waals surface area contributed by atoms with Gasteiger partial charge in [0.25, 0.3) is 0 Å². The third-order valence-corrected chi connectivity index (χ3v) is 3.80. The molecule has 0 aliphatic heterocycles. The highest BCUT2D eigenvalue weighted by atomic mass is 32.2. The Bertz CT molecular complexity index is 763. The molecule has 3 N–H and O–H groups in total. The van der Waals surface area contributed by atoms with Crippen molar-refractivity contribution in [1.29, 1.82) is 0 Å². The number of nitrogen functional groups attached to an aromatic ring is 1. The number of hydrogen-bond acceptors (Lipinski definition) is 5. The van der Waals surface area contributed by atoms with Crippen molar-refractivity contribution in [2.24, 2.45) is 5.84 Å². The van der Waals surface area contributed by atoms with Crippen molar-refractivity contribution in [3.63, 3.8) is 0 Å². The second-order valence-electron chi connectivity index (χ2n) is 4.05. The molecule has 20 heavy (non-hydrogen) atoms. The largest absolute Gasteiger partial charge is 0.292 e. The average Bonchev–Trinajstić information content (AvgIpc) is 2.49. The summed E-state index contributed by atoms with van der Waals surface area (Å²) in [4.78, 5) is 9.08. The van der Waals surface area contributed by atoms with Crippen molar-refractivity contribution in [2.45, 2.75) is 9.92 Å². The lowest BCUT2D eigenvalue weighted by Crippen LogP contribution is -2.10. The first-order valence-corrected chi connectivity index (χ1v) is 6.75. The summed E-state index contributed by atoms with van der Waals surface area (Å²) in [5.74, 6) is 5.41. The number of nitrogens with two attached hydrogens (primary N) is 1. The van der Waals surface area contributed by atoms with E-state index < -0.39 is 0 Å². The summed E-state index contributed by atoms with van der Waals surface area (Å²) in [6.07, 6.45) is 0. The van der Waals surface area contributed by atoms with E-state index in [9.17, 15) is 4.39 Å². The Kier molecular flexibility index (Phi) is 3.49. The molecule has 0 atom stereocenters. The SMILES string of the molecule is NNc1nc(Sc2ccccc2F)c2ccccc2n1. The zero-order valence-corrected chi connectivity index (χ0v) is 11.2. The molecule has 0 saturated carbocycles. The monoisotopic (exact) mass is 286 g/mol. The van der Waals surface area contributed by atoms with Gasteiger partial charge in [0.2, 0.25) is 5.95 Å². The smallest absolute Gasteiger partial charge is 0.238 e. The van der Waals surface area contributed by atoms with E-state index in [1.807, 2.05) is 24.3 Å². The van der Waals surface area contributed by atoms with E-state index in [2.05, 4.69) is 15.4 Å². The minimum absolute atomic E-state index is 0.276. The summed E-state index contributed by atoms with van der Waals surface area (Å²) >= 11 is 1.25. The Morgan fingerprint density at radius 3 is 2.55 bits per heavy atom. The second kappa shape index (κ2) is 5.44. The van der Waals surface area contributed by atoms with E-state index in [-0.39, 0.29) is 5.82 Å². The molecule has 0 aliphatic carbocycles. The highest BCUT2D eigenvalue weighted by Crippen LogP contribution is 2.33. The summed E-state index contributed by atoms with van der Waals surface area (Å²) in [5.41, 5.74) is 3.19. The van der Waals surface area contributed by atoms with Gasteiger partial charge in [0.05, 0.1) is 5.52 Å². The van der Waals surface area contributed by atoms with Crippen molar-refractivity contribution in [2.75, 3.05) is 5.43 Å². The normalized spacial score (nSPS) is 10.7. The van der Waals surface area contributed by atoms with Gasteiger partial charge in [-0.2, -0.15) is 0 Å². The summed E-state index contributed by atoms with van der Waals surface area (Å²) in [7, 11) is 0. The fraction of sp³-hybridized carbons (Fsp3) is 0. The number of fused-ring (bicyclic) bond motifs is 1. The van der Waals surface area contributed by atoms with E-state index in [4.69, 9.17) is 5.84 Å². The topological polar surface area (TPSA) is 63.8 Å². The van der Waals surface area contributed by atoms with Crippen LogP contribution in [0.1, 0.15) is 0 Å². The van der Waals surface area contributed by atoms with Crippen LogP contribution in [-0.2, 0) is 0 Å². The molecule has 0 saturated heterocycles. The molecule has 4 nitrogen and oxygen atoms in total. The molecule has 3 aromatic rings. The molecule has 2 aromatic carbocycles. The van der Waals surface area contributed by atoms with Gasteiger partial charge in [-0.1, -0.05) is 42.1 Å². The highest BCUT2D eigenvalue weighted by Gasteiger charge is 2.10. The predicted molar refractivity (Wildman–Crippen MR) is 77.9 cm³/mol. The Morgan fingerprint density at radius 1 is 1.00 bits per heavy atom. The van der Waals surface area contributed by atoms with Crippen LogP contribution in [0.3, 0.4) is 0 Å². The molecule has 0 amide bonds. The Morgan fingerprint density at radius 2 is 1.75 bits per heavy atom. The van der Waals surface area contributed by atoms with Crippen LogP contribution in [0.2, 0.25) is 0 Å². The highest BCUT2D eigenvalue weighted by molar-refractivity contribution is 7.99. The maximum Gasteiger partial charge on any atom is 0.238 e. The number of nitrogens with one attached hydrogen (secondary N) is 1. The van der Waals surface area contributed by atoms with Crippen LogP contribution in [0, 0.1) is 5.82 Å². The minimum Gasteiger partial charge on any atom is -0.292 e. The van der Waals surface area contributed by atoms with Crippen LogP contribution in [-0.4, -0.2) is 9.97 Å². The maximum atomic E-state index is 13.8. The van der Waals surface area contributed by atoms with Gasteiger partial charge >= 0.3 is 0 Å². The number of nitrogens with zero attached hydrogens (tertiary/aromatic N) is 2. The van der Waals surface area contributed by atoms with Gasteiger partial charge in [-0.3, -0.25) is 5.43 Å². The predicted octanol–water partition coefficient (Wildman–Crippen LogP) is 3.21. The van der Waals surface area contributed by atoms with Crippen molar-refractivity contribution in [3.05, 3.63) is 54.3 Å². The number of rotatable bonds is 3. The Hall–Kier alpha value is -2.18. The van der Waals surface area contributed by atoms with Gasteiger partial charge in [-0.05, 0) is 18.2 Å². The molecule has 0 radical (unpaired) electrons. The zero-order valence-electron chi connectivity index (χ0n) is 10.4. The lowest BCUT2D eigenvalue weighted by Gasteiger charge is -2.08. The fourth-order valence-corrected chi connectivity index (χ4v) is 2.76. The lowest BCUT2D eigenvalue weighted by atomic mass is 10.2. The van der Waals surface area contributed by atoms with Crippen LogP contribution >= 0.6 is 11.8 Å². The van der Waals surface area contributed by atoms with Gasteiger partial charge in [0, 0.05) is 10.3 Å². The molecule has 1 heterocycles. The van der Waals surface area contributed by atoms with Crippen LogP contribution in [0.5, 0.6) is 0 Å². The molecular formula is C14H11FN4S. The number of aromatic nitrogens is 2. The number of para-hydroxylation sites is 1. The third-order valence-electron chi connectivity index (χ3n) is 2.74. The fourth-order valence-electron chi connectivity index (χ4n) is 1.82. The van der Waals surface area contributed by atoms with Crippen LogP contribution in [0.4, 0.5) is 10.3 Å². The van der Waals surface area contributed by atoms with Crippen molar-refractivity contribution in [3.8, 4) is 0 Å². The van der Waals surface area contributed by atoms with Crippen LogP contribution < -0.4 is 11.3 Å². The van der Waals surface area contributed by atoms with Gasteiger partial charge < -0.3 is 0 Å². The van der Waals surface area contributed by atoms with E-state index in [0.29, 0.717) is 15.9 Å². The van der Waals surface area contributed by atoms with Gasteiger partial charge in [-0.25, -0.2) is 20.2 Å². The zero-order chi connectivity index (χ0) is 13.9. The summed E-state index contributed by atoms with van der Waals surface area (Å²) < 4.78 is 13.8. The summed E-state index contributed by atoms with van der Waals surface area (Å²) in [6, 6.07) is 14.1. The molecular weight excluding hydrogens is 275 g/mol. The van der Waals surface area contributed by atoms with Gasteiger partial charge in [0.1, 0.15) is 10.8 Å². The number of hydrogen-bond donors (Lipinski definition) is 2. The first-order valence-electron chi connectivity index (χ1n) is 5.94. The van der Waals surface area contributed by atoms with Crippen LogP contribution in [0.15, 0.2) is 58.5 Å². The van der Waals surface area contributed by atoms with Crippen molar-refractivity contribution in [1.82, 2.24) is 9.97 Å². The number of anilines is 1. The molecule has 0 unspecified atom stereocenters. The molecule has 6 heteroatoms. The third kappa shape index (κ3) is 2.43. The molecule has 100 valence electrons. The van der Waals surface area contributed by atoms with E-state index in [0.717, 1.165) is 10.9 Å². The summed E-state index contributed by atoms with van der Waals surface area (Å²) in [6.45, 7) is 0. The van der Waals surface area contributed by atoms with Gasteiger partial charge in [-0.15, -0.1) is 0 Å². The Balaban J connectivity index is 2.13. The van der Waals surface area contributed by atoms with Crippen LogP contribution in [0.25, 0.3) is 10.9 Å². The molecule has 1 aromatic heterocycles. The van der Waals surface area contributed by atoms with E-state index in [1.165, 1.54) is 17.8 Å².